The van der Waals surface area contributed by atoms with Crippen LogP contribution in [0.1, 0.15) is 77.2 Å². The first kappa shape index (κ1) is 35.5. The Labute approximate surface area is 270 Å². The SMILES string of the molecule is CCCCOC(=O)c1ccc(Nc2nc(N)nc(Nc3ccc(C=C(C(=O)OCC(C)(C)C)C(=O)OCC(C)(C)C)cc3)n2)cc1. The zero-order chi connectivity index (χ0) is 33.9. The van der Waals surface area contributed by atoms with Crippen LogP contribution < -0.4 is 16.4 Å². The maximum atomic E-state index is 12.9. The lowest BCUT2D eigenvalue weighted by molar-refractivity contribution is -0.149. The predicted molar refractivity (Wildman–Crippen MR) is 178 cm³/mol. The number of nitrogens with two attached hydrogens (primary N) is 1. The molecule has 0 aliphatic heterocycles. The van der Waals surface area contributed by atoms with Gasteiger partial charge in [-0.05, 0) is 65.3 Å². The fourth-order valence-corrected chi connectivity index (χ4v) is 3.59. The molecule has 12 nitrogen and oxygen atoms in total. The van der Waals surface area contributed by atoms with Gasteiger partial charge >= 0.3 is 17.9 Å². The summed E-state index contributed by atoms with van der Waals surface area (Å²) in [7, 11) is 0. The summed E-state index contributed by atoms with van der Waals surface area (Å²) in [5, 5.41) is 6.12. The molecule has 3 rings (SSSR count). The van der Waals surface area contributed by atoms with E-state index in [2.05, 4.69) is 25.6 Å². The summed E-state index contributed by atoms with van der Waals surface area (Å²) in [6, 6.07) is 13.6. The summed E-state index contributed by atoms with van der Waals surface area (Å²) in [6.07, 6.45) is 3.20. The van der Waals surface area contributed by atoms with Crippen molar-refractivity contribution < 1.29 is 28.6 Å². The van der Waals surface area contributed by atoms with Crippen LogP contribution in [0.5, 0.6) is 0 Å². The van der Waals surface area contributed by atoms with Crippen molar-refractivity contribution in [1.29, 1.82) is 0 Å². The van der Waals surface area contributed by atoms with Gasteiger partial charge in [0.1, 0.15) is 5.57 Å². The monoisotopic (exact) mass is 632 g/mol. The number of anilines is 5. The third kappa shape index (κ3) is 12.2. The molecule has 0 atom stereocenters. The van der Waals surface area contributed by atoms with Crippen molar-refractivity contribution in [3.8, 4) is 0 Å². The van der Waals surface area contributed by atoms with E-state index in [1.165, 1.54) is 6.08 Å². The lowest BCUT2D eigenvalue weighted by atomic mass is 9.98. The van der Waals surface area contributed by atoms with Crippen LogP contribution in [0, 0.1) is 10.8 Å². The van der Waals surface area contributed by atoms with Crippen LogP contribution in [0.25, 0.3) is 6.08 Å². The highest BCUT2D eigenvalue weighted by atomic mass is 16.6. The maximum Gasteiger partial charge on any atom is 0.345 e. The summed E-state index contributed by atoms with van der Waals surface area (Å²) < 4.78 is 16.1. The van der Waals surface area contributed by atoms with Crippen molar-refractivity contribution in [2.75, 3.05) is 36.2 Å². The number of rotatable bonds is 13. The highest BCUT2D eigenvalue weighted by Crippen LogP contribution is 2.22. The van der Waals surface area contributed by atoms with Crippen molar-refractivity contribution in [3.05, 3.63) is 65.2 Å². The van der Waals surface area contributed by atoms with Crippen molar-refractivity contribution in [2.24, 2.45) is 10.8 Å². The van der Waals surface area contributed by atoms with Gasteiger partial charge in [0.15, 0.2) is 0 Å². The van der Waals surface area contributed by atoms with Crippen LogP contribution in [0.3, 0.4) is 0 Å². The Balaban J connectivity index is 1.72. The zero-order valence-electron chi connectivity index (χ0n) is 27.6. The number of nitrogens with one attached hydrogen (secondary N) is 2. The van der Waals surface area contributed by atoms with Crippen LogP contribution >= 0.6 is 0 Å². The highest BCUT2D eigenvalue weighted by Gasteiger charge is 2.25. The molecule has 0 saturated heterocycles. The molecule has 0 radical (unpaired) electrons. The van der Waals surface area contributed by atoms with Crippen LogP contribution in [0.2, 0.25) is 0 Å². The first-order valence-electron chi connectivity index (χ1n) is 15.1. The number of hydrogen-bond acceptors (Lipinski definition) is 12. The number of carbonyl (C=O) groups excluding carboxylic acids is 3. The van der Waals surface area contributed by atoms with E-state index in [0.29, 0.717) is 29.1 Å². The maximum absolute atomic E-state index is 12.9. The van der Waals surface area contributed by atoms with Crippen molar-refractivity contribution in [1.82, 2.24) is 15.0 Å². The van der Waals surface area contributed by atoms with Crippen LogP contribution in [0.4, 0.5) is 29.2 Å². The Morgan fingerprint density at radius 3 is 1.67 bits per heavy atom. The molecule has 46 heavy (non-hydrogen) atoms. The molecular weight excluding hydrogens is 588 g/mol. The molecule has 0 spiro atoms. The van der Waals surface area contributed by atoms with Gasteiger partial charge in [0.2, 0.25) is 17.8 Å². The molecule has 0 amide bonds. The van der Waals surface area contributed by atoms with Crippen LogP contribution in [-0.2, 0) is 23.8 Å². The molecule has 12 heteroatoms. The largest absolute Gasteiger partial charge is 0.462 e. The lowest BCUT2D eigenvalue weighted by Gasteiger charge is -2.20. The Hall–Kier alpha value is -5.00. The number of nitrogen functional groups attached to an aromatic ring is 1. The van der Waals surface area contributed by atoms with Gasteiger partial charge in [-0.15, -0.1) is 0 Å². The molecule has 1 aromatic heterocycles. The molecular formula is C34H44N6O6. The van der Waals surface area contributed by atoms with E-state index in [-0.39, 0.29) is 53.4 Å². The Kier molecular flexibility index (Phi) is 12.2. The molecule has 4 N–H and O–H groups in total. The number of ether oxygens (including phenoxy) is 3. The highest BCUT2D eigenvalue weighted by molar-refractivity contribution is 6.17. The fourth-order valence-electron chi connectivity index (χ4n) is 3.59. The van der Waals surface area contributed by atoms with E-state index in [1.54, 1.807) is 48.5 Å². The van der Waals surface area contributed by atoms with Gasteiger partial charge in [-0.3, -0.25) is 0 Å². The topological polar surface area (TPSA) is 168 Å². The normalized spacial score (nSPS) is 11.3. The van der Waals surface area contributed by atoms with Gasteiger partial charge in [0.25, 0.3) is 0 Å². The zero-order valence-corrected chi connectivity index (χ0v) is 27.6. The minimum absolute atomic E-state index is 0.0112. The number of esters is 3. The summed E-state index contributed by atoms with van der Waals surface area (Å²) in [4.78, 5) is 50.6. The van der Waals surface area contributed by atoms with Gasteiger partial charge in [-0.1, -0.05) is 67.0 Å². The number of nitrogens with zero attached hydrogens (tertiary/aromatic N) is 3. The first-order valence-corrected chi connectivity index (χ1v) is 15.1. The third-order valence-corrected chi connectivity index (χ3v) is 5.95. The average molecular weight is 633 g/mol. The second-order valence-corrected chi connectivity index (χ2v) is 13.1. The fraction of sp³-hybridized carbons (Fsp3) is 0.412. The smallest absolute Gasteiger partial charge is 0.345 e. The standard InChI is InChI=1S/C34H44N6O6/c1-8-9-18-44-27(41)23-12-16-25(17-13-23)37-32-39-30(35)38-31(40-32)36-24-14-10-22(11-15-24)19-26(28(42)45-20-33(2,3)4)29(43)46-21-34(5,6)7/h10-17,19H,8-9,18,20-21H2,1-7H3,(H4,35,36,37,38,39,40). The molecule has 1 heterocycles. The Bertz CT molecular complexity index is 1490. The number of unbranched alkanes of at least 4 members (excludes halogenated alkanes) is 1. The van der Waals surface area contributed by atoms with Crippen molar-refractivity contribution in [3.63, 3.8) is 0 Å². The summed E-state index contributed by atoms with van der Waals surface area (Å²) >= 11 is 0. The van der Waals surface area contributed by atoms with Gasteiger partial charge in [-0.25, -0.2) is 14.4 Å². The first-order chi connectivity index (χ1) is 21.6. The molecule has 0 bridgehead atoms. The molecule has 0 aliphatic carbocycles. The van der Waals surface area contributed by atoms with Gasteiger partial charge in [-0.2, -0.15) is 15.0 Å². The second kappa shape index (κ2) is 15.8. The number of aromatic nitrogens is 3. The van der Waals surface area contributed by atoms with Gasteiger partial charge < -0.3 is 30.6 Å². The lowest BCUT2D eigenvalue weighted by Crippen LogP contribution is -2.25. The molecule has 2 aromatic carbocycles. The van der Waals surface area contributed by atoms with Gasteiger partial charge in [0, 0.05) is 11.4 Å². The minimum Gasteiger partial charge on any atom is -0.462 e. The number of carbonyl (C=O) groups is 3. The molecule has 0 aliphatic rings. The molecule has 246 valence electrons. The van der Waals surface area contributed by atoms with Crippen molar-refractivity contribution in [2.45, 2.75) is 61.3 Å². The molecule has 0 fully saturated rings. The predicted octanol–water partition coefficient (Wildman–Crippen LogP) is 6.46. The minimum atomic E-state index is -0.752. The number of benzene rings is 2. The van der Waals surface area contributed by atoms with E-state index < -0.39 is 11.9 Å². The van der Waals surface area contributed by atoms with Gasteiger partial charge in [0.05, 0.1) is 25.4 Å². The quantitative estimate of drug-likeness (QED) is 0.0470. The van der Waals surface area contributed by atoms with Crippen LogP contribution in [-0.4, -0.2) is 52.7 Å². The number of hydrogen-bond donors (Lipinski definition) is 3. The summed E-state index contributed by atoms with van der Waals surface area (Å²) in [5.41, 5.74) is 7.46. The van der Waals surface area contributed by atoms with E-state index in [0.717, 1.165) is 12.8 Å². The molecule has 3 aromatic rings. The summed E-state index contributed by atoms with van der Waals surface area (Å²) in [5.74, 6) is -1.51. The average Bonchev–Trinajstić information content (AvgIpc) is 2.97. The van der Waals surface area contributed by atoms with E-state index in [4.69, 9.17) is 19.9 Å². The van der Waals surface area contributed by atoms with Crippen LogP contribution in [0.15, 0.2) is 54.1 Å². The third-order valence-electron chi connectivity index (χ3n) is 5.95. The van der Waals surface area contributed by atoms with Crippen molar-refractivity contribution >= 4 is 53.2 Å². The van der Waals surface area contributed by atoms with E-state index >= 15 is 0 Å². The molecule has 0 unspecified atom stereocenters. The Morgan fingerprint density at radius 1 is 0.739 bits per heavy atom. The van der Waals surface area contributed by atoms with E-state index in [1.807, 2.05) is 48.5 Å². The summed E-state index contributed by atoms with van der Waals surface area (Å²) in [6.45, 7) is 14.3. The Morgan fingerprint density at radius 2 is 1.22 bits per heavy atom. The molecule has 0 saturated carbocycles. The van der Waals surface area contributed by atoms with E-state index in [9.17, 15) is 14.4 Å². The second-order valence-electron chi connectivity index (χ2n) is 13.1.